The molecule has 4 nitrogen and oxygen atoms in total. The number of hydrogen-bond acceptors (Lipinski definition) is 4. The molecule has 6 heteroatoms. The summed E-state index contributed by atoms with van der Waals surface area (Å²) in [5, 5.41) is 17.4. The van der Waals surface area contributed by atoms with Crippen molar-refractivity contribution in [2.24, 2.45) is 0 Å². The van der Waals surface area contributed by atoms with Gasteiger partial charge in [-0.1, -0.05) is 38.5 Å². The zero-order valence-corrected chi connectivity index (χ0v) is 17.0. The molecule has 0 saturated carbocycles. The van der Waals surface area contributed by atoms with Gasteiger partial charge < -0.3 is 9.47 Å². The summed E-state index contributed by atoms with van der Waals surface area (Å²) in [5.41, 5.74) is 0.0501. The number of halogens is 2. The maximum absolute atomic E-state index is 13.5. The molecule has 2 rings (SSSR count). The summed E-state index contributed by atoms with van der Waals surface area (Å²) in [4.78, 5) is 0. The van der Waals surface area contributed by atoms with Gasteiger partial charge >= 0.3 is 0 Å². The molecule has 0 spiro atoms. The van der Waals surface area contributed by atoms with Gasteiger partial charge in [0, 0.05) is 12.1 Å². The lowest BCUT2D eigenvalue weighted by Gasteiger charge is -2.07. The predicted molar refractivity (Wildman–Crippen MR) is 110 cm³/mol. The van der Waals surface area contributed by atoms with Crippen molar-refractivity contribution in [1.82, 2.24) is 0 Å². The second kappa shape index (κ2) is 13.2. The van der Waals surface area contributed by atoms with Crippen molar-refractivity contribution in [3.05, 3.63) is 59.2 Å². The second-order valence-electron chi connectivity index (χ2n) is 7.03. The molecule has 158 valence electrons. The van der Waals surface area contributed by atoms with E-state index in [1.165, 1.54) is 24.3 Å². The number of nitriles is 2. The zero-order chi connectivity index (χ0) is 21.6. The van der Waals surface area contributed by atoms with Crippen LogP contribution < -0.4 is 9.47 Å². The van der Waals surface area contributed by atoms with Crippen LogP contribution in [0.2, 0.25) is 0 Å². The van der Waals surface area contributed by atoms with E-state index in [9.17, 15) is 8.78 Å². The normalized spacial score (nSPS) is 10.3. The van der Waals surface area contributed by atoms with E-state index >= 15 is 0 Å². The quantitative estimate of drug-likeness (QED) is 0.363. The number of ether oxygens (including phenoxy) is 2. The van der Waals surface area contributed by atoms with E-state index in [1.807, 2.05) is 0 Å². The summed E-state index contributed by atoms with van der Waals surface area (Å²) >= 11 is 0. The average Bonchev–Trinajstić information content (AvgIpc) is 2.74. The number of nitrogens with zero attached hydrogens (tertiary/aromatic N) is 2. The predicted octanol–water partition coefficient (Wildman–Crippen LogP) is 6.29. The van der Waals surface area contributed by atoms with Crippen LogP contribution in [0.1, 0.15) is 62.5 Å². The molecule has 0 aliphatic rings. The Kier molecular flexibility index (Phi) is 10.2. The van der Waals surface area contributed by atoms with Crippen molar-refractivity contribution in [3.63, 3.8) is 0 Å². The second-order valence-corrected chi connectivity index (χ2v) is 7.03. The van der Waals surface area contributed by atoms with E-state index in [-0.39, 0.29) is 11.1 Å². The molecule has 0 aliphatic heterocycles. The summed E-state index contributed by atoms with van der Waals surface area (Å²) in [6, 6.07) is 12.2. The molecule has 0 aromatic heterocycles. The third kappa shape index (κ3) is 8.09. The summed E-state index contributed by atoms with van der Waals surface area (Å²) in [6.45, 7) is 1.08. The molecule has 0 N–H and O–H groups in total. The summed E-state index contributed by atoms with van der Waals surface area (Å²) < 4.78 is 38.0. The van der Waals surface area contributed by atoms with Gasteiger partial charge in [0.1, 0.15) is 35.3 Å². The Morgan fingerprint density at radius 1 is 0.600 bits per heavy atom. The van der Waals surface area contributed by atoms with E-state index in [1.54, 1.807) is 24.3 Å². The van der Waals surface area contributed by atoms with E-state index in [0.29, 0.717) is 24.7 Å². The molecular weight excluding hydrogens is 386 g/mol. The Labute approximate surface area is 176 Å². The van der Waals surface area contributed by atoms with Crippen LogP contribution in [0.15, 0.2) is 36.4 Å². The Morgan fingerprint density at radius 3 is 1.30 bits per heavy atom. The van der Waals surface area contributed by atoms with Crippen LogP contribution in [-0.4, -0.2) is 13.2 Å². The number of rotatable bonds is 13. The van der Waals surface area contributed by atoms with Gasteiger partial charge in [-0.25, -0.2) is 8.78 Å². The lowest BCUT2D eigenvalue weighted by atomic mass is 10.1. The molecule has 0 radical (unpaired) electrons. The van der Waals surface area contributed by atoms with Gasteiger partial charge in [0.2, 0.25) is 0 Å². The largest absolute Gasteiger partial charge is 0.493 e. The van der Waals surface area contributed by atoms with Gasteiger partial charge in [-0.2, -0.15) is 10.5 Å². The maximum atomic E-state index is 13.5. The molecule has 0 heterocycles. The Hall–Kier alpha value is -3.12. The van der Waals surface area contributed by atoms with Crippen LogP contribution in [0.3, 0.4) is 0 Å². The average molecular weight is 412 g/mol. The molecule has 0 aliphatic carbocycles. The maximum Gasteiger partial charge on any atom is 0.144 e. The topological polar surface area (TPSA) is 66.0 Å². The number of hydrogen-bond donors (Lipinski definition) is 0. The highest BCUT2D eigenvalue weighted by Crippen LogP contribution is 2.18. The van der Waals surface area contributed by atoms with Gasteiger partial charge in [-0.3, -0.25) is 0 Å². The van der Waals surface area contributed by atoms with E-state index in [4.69, 9.17) is 20.0 Å². The first-order valence-corrected chi connectivity index (χ1v) is 10.3. The smallest absolute Gasteiger partial charge is 0.144 e. The highest BCUT2D eigenvalue weighted by molar-refractivity contribution is 5.36. The highest BCUT2D eigenvalue weighted by Gasteiger charge is 2.04. The molecule has 0 unspecified atom stereocenters. The molecule has 0 bridgehead atoms. The first-order valence-electron chi connectivity index (χ1n) is 10.3. The van der Waals surface area contributed by atoms with Crippen molar-refractivity contribution in [1.29, 1.82) is 10.5 Å². The lowest BCUT2D eigenvalue weighted by molar-refractivity contribution is 0.299. The van der Waals surface area contributed by atoms with Crippen LogP contribution in [0, 0.1) is 34.3 Å². The third-order valence-corrected chi connectivity index (χ3v) is 4.70. The summed E-state index contributed by atoms with van der Waals surface area (Å²) in [6.07, 6.45) is 8.53. The Morgan fingerprint density at radius 2 is 0.967 bits per heavy atom. The van der Waals surface area contributed by atoms with E-state index < -0.39 is 11.6 Å². The monoisotopic (exact) mass is 412 g/mol. The van der Waals surface area contributed by atoms with Crippen molar-refractivity contribution in [3.8, 4) is 23.6 Å². The van der Waals surface area contributed by atoms with Gasteiger partial charge in [0.05, 0.1) is 24.3 Å². The molecule has 0 saturated heterocycles. The molecule has 2 aromatic rings. The minimum Gasteiger partial charge on any atom is -0.493 e. The van der Waals surface area contributed by atoms with Crippen LogP contribution in [0.25, 0.3) is 0 Å². The number of unbranched alkanes of at least 4 members (excludes halogenated alkanes) is 7. The van der Waals surface area contributed by atoms with E-state index in [2.05, 4.69) is 0 Å². The van der Waals surface area contributed by atoms with Gasteiger partial charge in [0.15, 0.2) is 0 Å². The lowest BCUT2D eigenvalue weighted by Crippen LogP contribution is -1.99. The van der Waals surface area contributed by atoms with Crippen molar-refractivity contribution >= 4 is 0 Å². The van der Waals surface area contributed by atoms with E-state index in [0.717, 1.165) is 51.4 Å². The van der Waals surface area contributed by atoms with Gasteiger partial charge in [-0.15, -0.1) is 0 Å². The van der Waals surface area contributed by atoms with Crippen LogP contribution in [-0.2, 0) is 0 Å². The SMILES string of the molecule is N#Cc1ccc(OCCCCCCCCCCOc2ccc(C#N)c(F)c2)cc1F. The van der Waals surface area contributed by atoms with Crippen LogP contribution in [0.5, 0.6) is 11.5 Å². The molecule has 30 heavy (non-hydrogen) atoms. The minimum atomic E-state index is -0.551. The first kappa shape index (κ1) is 23.2. The van der Waals surface area contributed by atoms with Crippen LogP contribution >= 0.6 is 0 Å². The molecular formula is C24H26F2N2O2. The molecule has 2 aromatic carbocycles. The summed E-state index contributed by atoms with van der Waals surface area (Å²) in [7, 11) is 0. The van der Waals surface area contributed by atoms with Crippen molar-refractivity contribution in [2.75, 3.05) is 13.2 Å². The van der Waals surface area contributed by atoms with Crippen molar-refractivity contribution in [2.45, 2.75) is 51.4 Å². The molecule has 0 atom stereocenters. The standard InChI is InChI=1S/C24H26F2N2O2/c25-23-15-21(11-9-19(23)17-27)29-13-7-5-3-1-2-4-6-8-14-30-22-12-10-20(18-28)24(26)16-22/h9-12,15-16H,1-8,13-14H2. The van der Waals surface area contributed by atoms with Crippen molar-refractivity contribution < 1.29 is 18.3 Å². The van der Waals surface area contributed by atoms with Gasteiger partial charge in [0.25, 0.3) is 0 Å². The highest BCUT2D eigenvalue weighted by atomic mass is 19.1. The first-order chi connectivity index (χ1) is 14.6. The number of benzene rings is 2. The van der Waals surface area contributed by atoms with Gasteiger partial charge in [-0.05, 0) is 37.1 Å². The Bertz CT molecular complexity index is 814. The fraction of sp³-hybridized carbons (Fsp3) is 0.417. The zero-order valence-electron chi connectivity index (χ0n) is 17.0. The fourth-order valence-corrected chi connectivity index (χ4v) is 3.00. The fourth-order valence-electron chi connectivity index (χ4n) is 3.00. The summed E-state index contributed by atoms with van der Waals surface area (Å²) in [5.74, 6) is -0.191. The minimum absolute atomic E-state index is 0.0251. The molecule has 0 fully saturated rings. The Balaban J connectivity index is 1.42. The molecule has 0 amide bonds. The third-order valence-electron chi connectivity index (χ3n) is 4.70. The van der Waals surface area contributed by atoms with Crippen LogP contribution in [0.4, 0.5) is 8.78 Å².